The average molecular weight is 392 g/mol. The second-order valence-corrected chi connectivity index (χ2v) is 5.93. The zero-order valence-electron chi connectivity index (χ0n) is 12.3. The Hall–Kier alpha value is -2.54. The number of carbonyl (C=O) groups excluding carboxylic acids is 1. The number of carbonyl (C=O) groups is 1. The van der Waals surface area contributed by atoms with Crippen LogP contribution >= 0.6 is 15.9 Å². The minimum atomic E-state index is -0.804. The summed E-state index contributed by atoms with van der Waals surface area (Å²) in [6.07, 6.45) is 1.54. The lowest BCUT2D eigenvalue weighted by Gasteiger charge is -2.10. The van der Waals surface area contributed by atoms with E-state index >= 15 is 0 Å². The van der Waals surface area contributed by atoms with Gasteiger partial charge in [-0.1, -0.05) is 34.1 Å². The third-order valence-electron chi connectivity index (χ3n) is 3.36. The number of halogens is 3. The van der Waals surface area contributed by atoms with E-state index in [2.05, 4.69) is 26.3 Å². The predicted octanol–water partition coefficient (Wildman–Crippen LogP) is 4.22. The van der Waals surface area contributed by atoms with Gasteiger partial charge in [-0.2, -0.15) is 5.10 Å². The van der Waals surface area contributed by atoms with Gasteiger partial charge in [0.2, 0.25) is 0 Å². The van der Waals surface area contributed by atoms with E-state index in [9.17, 15) is 13.6 Å². The van der Waals surface area contributed by atoms with Crippen LogP contribution in [0.25, 0.3) is 0 Å². The van der Waals surface area contributed by atoms with Gasteiger partial charge in [0, 0.05) is 22.2 Å². The van der Waals surface area contributed by atoms with Crippen LogP contribution in [-0.2, 0) is 6.54 Å². The highest BCUT2D eigenvalue weighted by Gasteiger charge is 2.13. The number of benzene rings is 2. The van der Waals surface area contributed by atoms with E-state index in [1.54, 1.807) is 16.9 Å². The minimum Gasteiger partial charge on any atom is -0.307 e. The molecule has 1 aromatic heterocycles. The van der Waals surface area contributed by atoms with Crippen molar-refractivity contribution in [2.24, 2.45) is 0 Å². The molecule has 0 aliphatic carbocycles. The van der Waals surface area contributed by atoms with E-state index < -0.39 is 17.5 Å². The van der Waals surface area contributed by atoms with Crippen LogP contribution in [-0.4, -0.2) is 15.7 Å². The van der Waals surface area contributed by atoms with Crippen molar-refractivity contribution >= 4 is 27.7 Å². The van der Waals surface area contributed by atoms with Gasteiger partial charge in [0.15, 0.2) is 0 Å². The zero-order valence-corrected chi connectivity index (χ0v) is 13.9. The topological polar surface area (TPSA) is 46.9 Å². The number of aromatic nitrogens is 2. The number of amides is 1. The maximum atomic E-state index is 13.2. The Kier molecular flexibility index (Phi) is 4.71. The molecule has 122 valence electrons. The van der Waals surface area contributed by atoms with Gasteiger partial charge in [0.1, 0.15) is 17.5 Å². The van der Waals surface area contributed by atoms with Crippen LogP contribution in [0.1, 0.15) is 15.9 Å². The van der Waals surface area contributed by atoms with Gasteiger partial charge in [0.05, 0.1) is 12.7 Å². The van der Waals surface area contributed by atoms with E-state index in [1.165, 1.54) is 0 Å². The predicted molar refractivity (Wildman–Crippen MR) is 89.8 cm³/mol. The van der Waals surface area contributed by atoms with Crippen LogP contribution in [0.4, 0.5) is 14.6 Å². The van der Waals surface area contributed by atoms with Gasteiger partial charge < -0.3 is 5.32 Å². The highest BCUT2D eigenvalue weighted by molar-refractivity contribution is 9.10. The van der Waals surface area contributed by atoms with Crippen LogP contribution in [0, 0.1) is 11.6 Å². The second kappa shape index (κ2) is 6.92. The average Bonchev–Trinajstić information content (AvgIpc) is 2.95. The molecule has 0 saturated carbocycles. The molecule has 0 unspecified atom stereocenters. The van der Waals surface area contributed by atoms with E-state index in [0.717, 1.165) is 22.2 Å². The molecule has 1 N–H and O–H groups in total. The van der Waals surface area contributed by atoms with E-state index in [4.69, 9.17) is 0 Å². The summed E-state index contributed by atoms with van der Waals surface area (Å²) in [4.78, 5) is 12.2. The van der Waals surface area contributed by atoms with Gasteiger partial charge in [-0.25, -0.2) is 13.5 Å². The van der Waals surface area contributed by atoms with E-state index in [1.807, 2.05) is 24.3 Å². The molecule has 0 aliphatic heterocycles. The normalized spacial score (nSPS) is 10.6. The summed E-state index contributed by atoms with van der Waals surface area (Å²) in [6.45, 7) is 0.432. The molecular formula is C17H12BrF2N3O. The lowest BCUT2D eigenvalue weighted by atomic mass is 10.2. The van der Waals surface area contributed by atoms with Crippen LogP contribution in [0.3, 0.4) is 0 Å². The quantitative estimate of drug-likeness (QED) is 0.723. The highest BCUT2D eigenvalue weighted by Crippen LogP contribution is 2.19. The Morgan fingerprint density at radius 1 is 1.12 bits per heavy atom. The molecule has 0 fully saturated rings. The maximum absolute atomic E-state index is 13.2. The SMILES string of the molecule is O=C(Nc1ccnn1Cc1ccccc1Br)c1cc(F)cc(F)c1. The Balaban J connectivity index is 1.80. The molecule has 24 heavy (non-hydrogen) atoms. The molecule has 1 amide bonds. The Morgan fingerprint density at radius 3 is 2.54 bits per heavy atom. The zero-order chi connectivity index (χ0) is 17.1. The van der Waals surface area contributed by atoms with Crippen LogP contribution < -0.4 is 5.32 Å². The van der Waals surface area contributed by atoms with Crippen molar-refractivity contribution in [3.8, 4) is 0 Å². The van der Waals surface area contributed by atoms with Crippen LogP contribution in [0.2, 0.25) is 0 Å². The molecule has 4 nitrogen and oxygen atoms in total. The number of anilines is 1. The first-order chi connectivity index (χ1) is 11.5. The van der Waals surface area contributed by atoms with E-state index in [0.29, 0.717) is 18.4 Å². The summed E-state index contributed by atoms with van der Waals surface area (Å²) >= 11 is 3.46. The van der Waals surface area contributed by atoms with Gasteiger partial charge in [-0.05, 0) is 23.8 Å². The lowest BCUT2D eigenvalue weighted by Crippen LogP contribution is -2.16. The van der Waals surface area contributed by atoms with Gasteiger partial charge in [0.25, 0.3) is 5.91 Å². The smallest absolute Gasteiger partial charge is 0.257 e. The number of rotatable bonds is 4. The molecule has 3 rings (SSSR count). The Morgan fingerprint density at radius 2 is 1.83 bits per heavy atom. The standard InChI is InChI=1S/C17H12BrF2N3O/c18-15-4-2-1-3-11(15)10-23-16(5-6-21-23)22-17(24)12-7-13(19)9-14(20)8-12/h1-9H,10H2,(H,22,24). The van der Waals surface area contributed by atoms with Crippen molar-refractivity contribution in [3.05, 3.63) is 82.0 Å². The molecule has 0 saturated heterocycles. The van der Waals surface area contributed by atoms with Crippen molar-refractivity contribution in [3.63, 3.8) is 0 Å². The summed E-state index contributed by atoms with van der Waals surface area (Å²) in [5.74, 6) is -1.79. The van der Waals surface area contributed by atoms with Gasteiger partial charge >= 0.3 is 0 Å². The van der Waals surface area contributed by atoms with Gasteiger partial charge in [-0.15, -0.1) is 0 Å². The molecule has 3 aromatic rings. The highest BCUT2D eigenvalue weighted by atomic mass is 79.9. The number of hydrogen-bond donors (Lipinski definition) is 1. The first-order valence-corrected chi connectivity index (χ1v) is 7.85. The monoisotopic (exact) mass is 391 g/mol. The fraction of sp³-hybridized carbons (Fsp3) is 0.0588. The van der Waals surface area contributed by atoms with Crippen molar-refractivity contribution in [1.29, 1.82) is 0 Å². The van der Waals surface area contributed by atoms with Crippen molar-refractivity contribution in [2.75, 3.05) is 5.32 Å². The molecule has 2 aromatic carbocycles. The molecule has 0 spiro atoms. The molecule has 0 bridgehead atoms. The number of hydrogen-bond acceptors (Lipinski definition) is 2. The molecule has 1 heterocycles. The molecule has 7 heteroatoms. The fourth-order valence-electron chi connectivity index (χ4n) is 2.23. The van der Waals surface area contributed by atoms with Gasteiger partial charge in [-0.3, -0.25) is 4.79 Å². The summed E-state index contributed by atoms with van der Waals surface area (Å²) in [5, 5.41) is 6.78. The van der Waals surface area contributed by atoms with Crippen LogP contribution in [0.5, 0.6) is 0 Å². The molecule has 0 radical (unpaired) electrons. The molecule has 0 aliphatic rings. The van der Waals surface area contributed by atoms with Crippen molar-refractivity contribution < 1.29 is 13.6 Å². The third kappa shape index (κ3) is 3.68. The first kappa shape index (κ1) is 16.3. The van der Waals surface area contributed by atoms with Crippen molar-refractivity contribution in [2.45, 2.75) is 6.54 Å². The first-order valence-electron chi connectivity index (χ1n) is 7.05. The minimum absolute atomic E-state index is 0.0962. The Labute approximate surface area is 145 Å². The van der Waals surface area contributed by atoms with E-state index in [-0.39, 0.29) is 5.56 Å². The van der Waals surface area contributed by atoms with Crippen molar-refractivity contribution in [1.82, 2.24) is 9.78 Å². The third-order valence-corrected chi connectivity index (χ3v) is 4.13. The fourth-order valence-corrected chi connectivity index (χ4v) is 2.64. The maximum Gasteiger partial charge on any atom is 0.257 e. The summed E-state index contributed by atoms with van der Waals surface area (Å²) in [5.41, 5.74) is 0.884. The Bertz CT molecular complexity index is 875. The summed E-state index contributed by atoms with van der Waals surface area (Å²) < 4.78 is 29.0. The number of nitrogens with zero attached hydrogens (tertiary/aromatic N) is 2. The van der Waals surface area contributed by atoms with Crippen LogP contribution in [0.15, 0.2) is 59.2 Å². The second-order valence-electron chi connectivity index (χ2n) is 5.08. The lowest BCUT2D eigenvalue weighted by molar-refractivity contribution is 0.102. The molecular weight excluding hydrogens is 380 g/mol. The largest absolute Gasteiger partial charge is 0.307 e. The summed E-state index contributed by atoms with van der Waals surface area (Å²) in [6, 6.07) is 11.9. The summed E-state index contributed by atoms with van der Waals surface area (Å²) in [7, 11) is 0. The number of nitrogens with one attached hydrogen (secondary N) is 1. The molecule has 0 atom stereocenters.